The van der Waals surface area contributed by atoms with Crippen LogP contribution in [0.2, 0.25) is 0 Å². The molecule has 5 nitrogen and oxygen atoms in total. The van der Waals surface area contributed by atoms with Gasteiger partial charge in [0.25, 0.3) is 5.91 Å². The lowest BCUT2D eigenvalue weighted by Crippen LogP contribution is -2.29. The lowest BCUT2D eigenvalue weighted by atomic mass is 10.0. The number of nitrogens with one attached hydrogen (secondary N) is 1. The summed E-state index contributed by atoms with van der Waals surface area (Å²) in [6, 6.07) is 8.82. The number of hydrogen-bond donors (Lipinski definition) is 2. The molecule has 0 spiro atoms. The molecule has 1 aromatic carbocycles. The van der Waals surface area contributed by atoms with Crippen molar-refractivity contribution in [2.24, 2.45) is 0 Å². The van der Waals surface area contributed by atoms with Crippen molar-refractivity contribution in [3.63, 3.8) is 0 Å². The number of rotatable bonds is 6. The molecule has 6 heteroatoms. The SMILES string of the molecule is COc1cccc(C(CCO)NC(=O)c2cncc(Br)c2)c1. The normalized spacial score (nSPS) is 11.8. The quantitative estimate of drug-likeness (QED) is 0.826. The van der Waals surface area contributed by atoms with Crippen LogP contribution >= 0.6 is 15.9 Å². The highest BCUT2D eigenvalue weighted by Gasteiger charge is 2.16. The van der Waals surface area contributed by atoms with E-state index in [9.17, 15) is 9.90 Å². The number of ether oxygens (including phenoxy) is 1. The number of aliphatic hydroxyl groups excluding tert-OH is 1. The smallest absolute Gasteiger partial charge is 0.253 e. The van der Waals surface area contributed by atoms with Gasteiger partial charge in [-0.05, 0) is 46.1 Å². The molecule has 1 aromatic heterocycles. The standard InChI is InChI=1S/C16H17BrN2O3/c1-22-14-4-2-3-11(8-14)15(5-6-20)19-16(21)12-7-13(17)10-18-9-12/h2-4,7-10,15,20H,5-6H2,1H3,(H,19,21). The van der Waals surface area contributed by atoms with Crippen molar-refractivity contribution in [3.05, 3.63) is 58.3 Å². The molecule has 116 valence electrons. The van der Waals surface area contributed by atoms with Gasteiger partial charge in [-0.15, -0.1) is 0 Å². The van der Waals surface area contributed by atoms with Crippen LogP contribution in [0.15, 0.2) is 47.2 Å². The van der Waals surface area contributed by atoms with E-state index in [0.29, 0.717) is 17.7 Å². The van der Waals surface area contributed by atoms with Crippen molar-refractivity contribution in [2.45, 2.75) is 12.5 Å². The van der Waals surface area contributed by atoms with Gasteiger partial charge in [-0.3, -0.25) is 9.78 Å². The second-order valence-electron chi connectivity index (χ2n) is 4.71. The molecule has 0 radical (unpaired) electrons. The monoisotopic (exact) mass is 364 g/mol. The average molecular weight is 365 g/mol. The van der Waals surface area contributed by atoms with Crippen molar-refractivity contribution in [3.8, 4) is 5.75 Å². The van der Waals surface area contributed by atoms with Crippen LogP contribution in [0, 0.1) is 0 Å². The van der Waals surface area contributed by atoms with Gasteiger partial charge in [-0.2, -0.15) is 0 Å². The summed E-state index contributed by atoms with van der Waals surface area (Å²) in [6.45, 7) is -0.0289. The van der Waals surface area contributed by atoms with Crippen LogP contribution in [0.25, 0.3) is 0 Å². The number of methoxy groups -OCH3 is 1. The zero-order chi connectivity index (χ0) is 15.9. The first-order chi connectivity index (χ1) is 10.6. The molecule has 0 saturated carbocycles. The fourth-order valence-electron chi connectivity index (χ4n) is 2.09. The number of nitrogens with zero attached hydrogens (tertiary/aromatic N) is 1. The summed E-state index contributed by atoms with van der Waals surface area (Å²) in [5.74, 6) is 0.467. The van der Waals surface area contributed by atoms with Crippen molar-refractivity contribution in [1.29, 1.82) is 0 Å². The summed E-state index contributed by atoms with van der Waals surface area (Å²) in [5, 5.41) is 12.2. The Kier molecular flexibility index (Phi) is 5.91. The Bertz CT molecular complexity index is 649. The van der Waals surface area contributed by atoms with Crippen LogP contribution < -0.4 is 10.1 Å². The van der Waals surface area contributed by atoms with Gasteiger partial charge in [-0.1, -0.05) is 12.1 Å². The van der Waals surface area contributed by atoms with Crippen molar-refractivity contribution in [1.82, 2.24) is 10.3 Å². The lowest BCUT2D eigenvalue weighted by molar-refractivity contribution is 0.0929. The van der Waals surface area contributed by atoms with Crippen LogP contribution in [-0.4, -0.2) is 29.7 Å². The van der Waals surface area contributed by atoms with E-state index in [2.05, 4.69) is 26.2 Å². The third kappa shape index (κ3) is 4.29. The van der Waals surface area contributed by atoms with Crippen molar-refractivity contribution >= 4 is 21.8 Å². The number of pyridine rings is 1. The highest BCUT2D eigenvalue weighted by atomic mass is 79.9. The molecule has 1 amide bonds. The molecule has 1 unspecified atom stereocenters. The summed E-state index contributed by atoms with van der Waals surface area (Å²) in [4.78, 5) is 16.3. The molecule has 22 heavy (non-hydrogen) atoms. The van der Waals surface area contributed by atoms with E-state index in [1.54, 1.807) is 19.4 Å². The van der Waals surface area contributed by atoms with E-state index in [0.717, 1.165) is 10.0 Å². The fourth-order valence-corrected chi connectivity index (χ4v) is 2.45. The third-order valence-corrected chi connectivity index (χ3v) is 3.62. The largest absolute Gasteiger partial charge is 0.497 e. The Morgan fingerprint density at radius 2 is 2.23 bits per heavy atom. The minimum absolute atomic E-state index is 0.0289. The van der Waals surface area contributed by atoms with Crippen molar-refractivity contribution < 1.29 is 14.6 Å². The van der Waals surface area contributed by atoms with E-state index in [-0.39, 0.29) is 18.6 Å². The number of halogens is 1. The molecule has 0 aliphatic heterocycles. The van der Waals surface area contributed by atoms with Crippen LogP contribution in [0.4, 0.5) is 0 Å². The molecule has 0 fully saturated rings. The van der Waals surface area contributed by atoms with Crippen LogP contribution in [-0.2, 0) is 0 Å². The summed E-state index contributed by atoms with van der Waals surface area (Å²) >= 11 is 3.29. The maximum atomic E-state index is 12.3. The van der Waals surface area contributed by atoms with Gasteiger partial charge in [0.05, 0.1) is 18.7 Å². The first-order valence-electron chi connectivity index (χ1n) is 6.80. The predicted molar refractivity (Wildman–Crippen MR) is 86.8 cm³/mol. The number of carbonyl (C=O) groups excluding carboxylic acids is 1. The molecule has 2 aromatic rings. The Morgan fingerprint density at radius 1 is 1.41 bits per heavy atom. The third-order valence-electron chi connectivity index (χ3n) is 3.19. The lowest BCUT2D eigenvalue weighted by Gasteiger charge is -2.19. The van der Waals surface area contributed by atoms with Gasteiger partial charge in [0, 0.05) is 23.5 Å². The zero-order valence-electron chi connectivity index (χ0n) is 12.1. The number of aromatic nitrogens is 1. The Hall–Kier alpha value is -1.92. The number of carbonyl (C=O) groups is 1. The van der Waals surface area contributed by atoms with Crippen LogP contribution in [0.1, 0.15) is 28.4 Å². The maximum absolute atomic E-state index is 12.3. The molecule has 2 N–H and O–H groups in total. The first-order valence-corrected chi connectivity index (χ1v) is 7.59. The first kappa shape index (κ1) is 16.5. The number of amides is 1. The van der Waals surface area contributed by atoms with Gasteiger partial charge in [0.1, 0.15) is 5.75 Å². The number of hydrogen-bond acceptors (Lipinski definition) is 4. The van der Waals surface area contributed by atoms with Gasteiger partial charge < -0.3 is 15.2 Å². The molecule has 1 atom stereocenters. The van der Waals surface area contributed by atoms with Crippen LogP contribution in [0.3, 0.4) is 0 Å². The van der Waals surface area contributed by atoms with Gasteiger partial charge in [-0.25, -0.2) is 0 Å². The minimum Gasteiger partial charge on any atom is -0.497 e. The molecule has 0 aliphatic rings. The van der Waals surface area contributed by atoms with Crippen LogP contribution in [0.5, 0.6) is 5.75 Å². The Morgan fingerprint density at radius 3 is 2.91 bits per heavy atom. The summed E-state index contributed by atoms with van der Waals surface area (Å²) in [5.41, 5.74) is 1.34. The number of benzene rings is 1. The van der Waals surface area contributed by atoms with E-state index in [1.165, 1.54) is 6.20 Å². The summed E-state index contributed by atoms with van der Waals surface area (Å²) < 4.78 is 5.93. The van der Waals surface area contributed by atoms with E-state index < -0.39 is 0 Å². The van der Waals surface area contributed by atoms with E-state index >= 15 is 0 Å². The minimum atomic E-state index is -0.299. The second-order valence-corrected chi connectivity index (χ2v) is 5.62. The van der Waals surface area contributed by atoms with E-state index in [1.807, 2.05) is 24.3 Å². The Balaban J connectivity index is 2.19. The maximum Gasteiger partial charge on any atom is 0.253 e. The molecule has 1 heterocycles. The molecule has 0 bridgehead atoms. The molecule has 2 rings (SSSR count). The zero-order valence-corrected chi connectivity index (χ0v) is 13.7. The summed E-state index contributed by atoms with van der Waals surface area (Å²) in [7, 11) is 1.59. The Labute approximate surface area is 137 Å². The molecule has 0 saturated heterocycles. The number of aliphatic hydroxyl groups is 1. The highest BCUT2D eigenvalue weighted by molar-refractivity contribution is 9.10. The van der Waals surface area contributed by atoms with Gasteiger partial charge in [0.15, 0.2) is 0 Å². The van der Waals surface area contributed by atoms with Crippen molar-refractivity contribution in [2.75, 3.05) is 13.7 Å². The summed E-state index contributed by atoms with van der Waals surface area (Å²) in [6.07, 6.45) is 3.53. The highest BCUT2D eigenvalue weighted by Crippen LogP contribution is 2.22. The topological polar surface area (TPSA) is 71.5 Å². The van der Waals surface area contributed by atoms with E-state index in [4.69, 9.17) is 4.74 Å². The molecular formula is C16H17BrN2O3. The predicted octanol–water partition coefficient (Wildman–Crippen LogP) is 2.71. The fraction of sp³-hybridized carbons (Fsp3) is 0.250. The molecule has 0 aliphatic carbocycles. The van der Waals surface area contributed by atoms with Gasteiger partial charge >= 0.3 is 0 Å². The molecular weight excluding hydrogens is 348 g/mol. The second kappa shape index (κ2) is 7.91. The van der Waals surface area contributed by atoms with Gasteiger partial charge in [0.2, 0.25) is 0 Å². The average Bonchev–Trinajstić information content (AvgIpc) is 2.54.